The van der Waals surface area contributed by atoms with Crippen LogP contribution >= 0.6 is 0 Å². The van der Waals surface area contributed by atoms with Crippen molar-refractivity contribution in [2.45, 2.75) is 0 Å². The molecule has 1 aromatic carbocycles. The fraction of sp³-hybridized carbons (Fsp3) is 0.100. The van der Waals surface area contributed by atoms with Crippen molar-refractivity contribution in [1.82, 2.24) is 0 Å². The summed E-state index contributed by atoms with van der Waals surface area (Å²) in [5.74, 6) is 4.55. The molecule has 0 radical (unpaired) electrons. The maximum Gasteiger partial charge on any atom is 0.335 e. The summed E-state index contributed by atoms with van der Waals surface area (Å²) in [6, 6.07) is 6.35. The van der Waals surface area contributed by atoms with Gasteiger partial charge in [0.05, 0.1) is 12.1 Å². The van der Waals surface area contributed by atoms with Crippen LogP contribution < -0.4 is 5.73 Å². The zero-order valence-electron chi connectivity index (χ0n) is 6.95. The molecule has 0 aliphatic heterocycles. The zero-order valence-corrected chi connectivity index (χ0v) is 6.95. The minimum Gasteiger partial charge on any atom is -0.478 e. The third-order valence-corrected chi connectivity index (χ3v) is 1.47. The number of benzene rings is 1. The molecule has 0 bridgehead atoms. The molecule has 1 rings (SSSR count). The number of nitrogens with two attached hydrogens (primary N) is 1. The number of rotatable bonds is 1. The van der Waals surface area contributed by atoms with Gasteiger partial charge in [0.15, 0.2) is 0 Å². The first-order valence-electron chi connectivity index (χ1n) is 3.76. The molecule has 3 heteroatoms. The van der Waals surface area contributed by atoms with Crippen LogP contribution in [-0.2, 0) is 0 Å². The van der Waals surface area contributed by atoms with Crippen LogP contribution in [-0.4, -0.2) is 17.6 Å². The minimum absolute atomic E-state index is 0.262. The fourth-order valence-corrected chi connectivity index (χ4v) is 0.849. The second-order valence-corrected chi connectivity index (χ2v) is 2.39. The quantitative estimate of drug-likeness (QED) is 0.617. The van der Waals surface area contributed by atoms with Crippen LogP contribution in [0.5, 0.6) is 0 Å². The Morgan fingerprint density at radius 3 is 2.46 bits per heavy atom. The SMILES string of the molecule is NCC#Cc1ccc(C(=O)O)cc1. The summed E-state index contributed by atoms with van der Waals surface area (Å²) in [7, 11) is 0. The predicted octanol–water partition coefficient (Wildman–Crippen LogP) is 0.695. The van der Waals surface area contributed by atoms with E-state index in [1.165, 1.54) is 12.1 Å². The summed E-state index contributed by atoms with van der Waals surface area (Å²) in [4.78, 5) is 10.5. The highest BCUT2D eigenvalue weighted by molar-refractivity contribution is 5.87. The molecule has 0 heterocycles. The van der Waals surface area contributed by atoms with Crippen molar-refractivity contribution in [2.75, 3.05) is 6.54 Å². The van der Waals surface area contributed by atoms with Gasteiger partial charge in [0.2, 0.25) is 0 Å². The molecule has 0 fully saturated rings. The fourth-order valence-electron chi connectivity index (χ4n) is 0.849. The molecule has 3 nitrogen and oxygen atoms in total. The Bertz CT molecular complexity index is 357. The number of hydrogen-bond donors (Lipinski definition) is 2. The van der Waals surface area contributed by atoms with Gasteiger partial charge in [-0.15, -0.1) is 0 Å². The molecule has 13 heavy (non-hydrogen) atoms. The van der Waals surface area contributed by atoms with E-state index in [0.29, 0.717) is 6.54 Å². The summed E-state index contributed by atoms with van der Waals surface area (Å²) in [6.45, 7) is 0.306. The van der Waals surface area contributed by atoms with E-state index in [0.717, 1.165) is 5.56 Å². The van der Waals surface area contributed by atoms with E-state index < -0.39 is 5.97 Å². The van der Waals surface area contributed by atoms with Crippen molar-refractivity contribution in [2.24, 2.45) is 5.73 Å². The van der Waals surface area contributed by atoms with Gasteiger partial charge in [-0.3, -0.25) is 0 Å². The maximum absolute atomic E-state index is 10.5. The Kier molecular flexibility index (Phi) is 3.07. The Morgan fingerprint density at radius 1 is 1.38 bits per heavy atom. The van der Waals surface area contributed by atoms with Gasteiger partial charge in [-0.2, -0.15) is 0 Å². The van der Waals surface area contributed by atoms with Crippen LogP contribution in [0.25, 0.3) is 0 Å². The molecule has 0 atom stereocenters. The van der Waals surface area contributed by atoms with E-state index in [-0.39, 0.29) is 5.56 Å². The number of hydrogen-bond acceptors (Lipinski definition) is 2. The Morgan fingerprint density at radius 2 is 2.00 bits per heavy atom. The topological polar surface area (TPSA) is 63.3 Å². The Balaban J connectivity index is 2.87. The first-order valence-corrected chi connectivity index (χ1v) is 3.76. The van der Waals surface area contributed by atoms with E-state index in [9.17, 15) is 4.79 Å². The summed E-state index contributed by atoms with van der Waals surface area (Å²) in [6.07, 6.45) is 0. The van der Waals surface area contributed by atoms with Crippen molar-refractivity contribution in [1.29, 1.82) is 0 Å². The van der Waals surface area contributed by atoms with Gasteiger partial charge in [0.25, 0.3) is 0 Å². The molecule has 66 valence electrons. The van der Waals surface area contributed by atoms with Gasteiger partial charge in [-0.1, -0.05) is 11.8 Å². The lowest BCUT2D eigenvalue weighted by Gasteiger charge is -1.93. The first kappa shape index (κ1) is 9.30. The molecule has 0 unspecified atom stereocenters. The molecule has 0 amide bonds. The van der Waals surface area contributed by atoms with Gasteiger partial charge < -0.3 is 10.8 Å². The van der Waals surface area contributed by atoms with Gasteiger partial charge in [-0.05, 0) is 24.3 Å². The highest BCUT2D eigenvalue weighted by atomic mass is 16.4. The lowest BCUT2D eigenvalue weighted by atomic mass is 10.1. The van der Waals surface area contributed by atoms with E-state index in [1.807, 2.05) is 0 Å². The predicted molar refractivity (Wildman–Crippen MR) is 49.3 cm³/mol. The van der Waals surface area contributed by atoms with Crippen LogP contribution in [0.2, 0.25) is 0 Å². The van der Waals surface area contributed by atoms with E-state index in [1.54, 1.807) is 12.1 Å². The standard InChI is InChI=1S/C10H9NO2/c11-7-1-2-8-3-5-9(6-4-8)10(12)13/h3-6H,7,11H2,(H,12,13). The van der Waals surface area contributed by atoms with Crippen molar-refractivity contribution < 1.29 is 9.90 Å². The number of aromatic carboxylic acids is 1. The summed E-state index contributed by atoms with van der Waals surface area (Å²) in [5.41, 5.74) is 6.22. The molecule has 0 aliphatic rings. The molecular weight excluding hydrogens is 166 g/mol. The summed E-state index contributed by atoms with van der Waals surface area (Å²) >= 11 is 0. The average Bonchev–Trinajstić information content (AvgIpc) is 2.15. The van der Waals surface area contributed by atoms with Crippen LogP contribution in [0, 0.1) is 11.8 Å². The third-order valence-electron chi connectivity index (χ3n) is 1.47. The van der Waals surface area contributed by atoms with Crippen LogP contribution in [0.4, 0.5) is 0 Å². The minimum atomic E-state index is -0.932. The first-order chi connectivity index (χ1) is 6.24. The molecule has 0 aliphatic carbocycles. The van der Waals surface area contributed by atoms with Crippen molar-refractivity contribution >= 4 is 5.97 Å². The van der Waals surface area contributed by atoms with Gasteiger partial charge >= 0.3 is 5.97 Å². The monoisotopic (exact) mass is 175 g/mol. The van der Waals surface area contributed by atoms with Gasteiger partial charge in [0.1, 0.15) is 0 Å². The van der Waals surface area contributed by atoms with Gasteiger partial charge in [-0.25, -0.2) is 4.79 Å². The van der Waals surface area contributed by atoms with Crippen LogP contribution in [0.1, 0.15) is 15.9 Å². The second kappa shape index (κ2) is 4.29. The number of carboxylic acid groups (broad SMARTS) is 1. The molecule has 0 saturated carbocycles. The number of carbonyl (C=O) groups is 1. The van der Waals surface area contributed by atoms with E-state index >= 15 is 0 Å². The smallest absolute Gasteiger partial charge is 0.335 e. The lowest BCUT2D eigenvalue weighted by molar-refractivity contribution is 0.0697. The zero-order chi connectivity index (χ0) is 9.68. The Hall–Kier alpha value is -1.79. The molecule has 3 N–H and O–H groups in total. The molecule has 0 spiro atoms. The molecule has 1 aromatic rings. The van der Waals surface area contributed by atoms with Crippen molar-refractivity contribution in [3.05, 3.63) is 35.4 Å². The summed E-state index contributed by atoms with van der Waals surface area (Å²) in [5, 5.41) is 8.60. The van der Waals surface area contributed by atoms with Crippen LogP contribution in [0.3, 0.4) is 0 Å². The second-order valence-electron chi connectivity index (χ2n) is 2.39. The normalized spacial score (nSPS) is 8.69. The lowest BCUT2D eigenvalue weighted by Crippen LogP contribution is -1.95. The molecule has 0 saturated heterocycles. The third kappa shape index (κ3) is 2.62. The Labute approximate surface area is 76.2 Å². The molecule has 0 aromatic heterocycles. The molecular formula is C10H9NO2. The van der Waals surface area contributed by atoms with E-state index in [4.69, 9.17) is 10.8 Å². The highest BCUT2D eigenvalue weighted by Gasteiger charge is 1.99. The van der Waals surface area contributed by atoms with Crippen molar-refractivity contribution in [3.8, 4) is 11.8 Å². The number of carboxylic acids is 1. The maximum atomic E-state index is 10.5. The summed E-state index contributed by atoms with van der Waals surface area (Å²) < 4.78 is 0. The average molecular weight is 175 g/mol. The van der Waals surface area contributed by atoms with Crippen LogP contribution in [0.15, 0.2) is 24.3 Å². The highest BCUT2D eigenvalue weighted by Crippen LogP contribution is 2.02. The van der Waals surface area contributed by atoms with Gasteiger partial charge in [0, 0.05) is 5.56 Å². The van der Waals surface area contributed by atoms with Crippen molar-refractivity contribution in [3.63, 3.8) is 0 Å². The largest absolute Gasteiger partial charge is 0.478 e. The van der Waals surface area contributed by atoms with E-state index in [2.05, 4.69) is 11.8 Å².